The van der Waals surface area contributed by atoms with Crippen LogP contribution in [0.3, 0.4) is 0 Å². The topological polar surface area (TPSA) is 33.1 Å². The number of hydrogen-bond donors (Lipinski definition) is 1. The van der Waals surface area contributed by atoms with Gasteiger partial charge < -0.3 is 5.11 Å². The highest BCUT2D eigenvalue weighted by atomic mass is 35.5. The number of benzene rings is 1. The molecule has 1 aromatic carbocycles. The third-order valence-electron chi connectivity index (χ3n) is 4.04. The second-order valence-electron chi connectivity index (χ2n) is 5.60. The van der Waals surface area contributed by atoms with Crippen LogP contribution in [-0.2, 0) is 0 Å². The summed E-state index contributed by atoms with van der Waals surface area (Å²) in [6, 6.07) is 13.6. The number of halogens is 1. The van der Waals surface area contributed by atoms with Gasteiger partial charge >= 0.3 is 0 Å². The van der Waals surface area contributed by atoms with Crippen molar-refractivity contribution < 1.29 is 5.11 Å². The Bertz CT molecular complexity index is 963. The Hall–Kier alpha value is -1.98. The number of aliphatic hydroxyl groups excluding tert-OH is 1. The van der Waals surface area contributed by atoms with Crippen molar-refractivity contribution in [3.63, 3.8) is 0 Å². The number of aliphatic hydroxyl groups is 1. The van der Waals surface area contributed by atoms with Gasteiger partial charge in [0.15, 0.2) is 0 Å². The minimum Gasteiger partial charge on any atom is -0.384 e. The van der Waals surface area contributed by atoms with Crippen LogP contribution in [0, 0.1) is 0 Å². The van der Waals surface area contributed by atoms with E-state index in [9.17, 15) is 5.11 Å². The van der Waals surface area contributed by atoms with Crippen molar-refractivity contribution in [1.29, 1.82) is 0 Å². The fourth-order valence-corrected chi connectivity index (χ4v) is 4.71. The summed E-state index contributed by atoms with van der Waals surface area (Å²) in [6.07, 6.45) is 2.69. The fraction of sp³-hybridized carbons (Fsp3) is 0.0500. The molecule has 3 heterocycles. The standard InChI is InChI=1S/C20H14ClNOS2/c21-16-5-3-13(4-6-16)20-18(19(23)14-2-1-8-22-10-14)17(12-25-20)15-7-9-24-11-15/h1-12,19,23H. The number of hydrogen-bond acceptors (Lipinski definition) is 4. The Morgan fingerprint density at radius 1 is 1.00 bits per heavy atom. The van der Waals surface area contributed by atoms with E-state index in [0.717, 1.165) is 32.7 Å². The van der Waals surface area contributed by atoms with Gasteiger partial charge in [-0.2, -0.15) is 11.3 Å². The van der Waals surface area contributed by atoms with Gasteiger partial charge in [0.05, 0.1) is 0 Å². The lowest BCUT2D eigenvalue weighted by Gasteiger charge is -2.15. The molecule has 4 aromatic rings. The van der Waals surface area contributed by atoms with Gasteiger partial charge in [0.2, 0.25) is 0 Å². The van der Waals surface area contributed by atoms with Crippen LogP contribution in [0.25, 0.3) is 21.6 Å². The molecule has 1 atom stereocenters. The van der Waals surface area contributed by atoms with Gasteiger partial charge in [-0.3, -0.25) is 4.98 Å². The normalized spacial score (nSPS) is 12.2. The van der Waals surface area contributed by atoms with Crippen LogP contribution in [0.15, 0.2) is 71.0 Å². The first kappa shape index (κ1) is 16.5. The average molecular weight is 384 g/mol. The number of nitrogens with zero attached hydrogens (tertiary/aromatic N) is 1. The zero-order chi connectivity index (χ0) is 17.2. The van der Waals surface area contributed by atoms with E-state index in [-0.39, 0.29) is 0 Å². The fourth-order valence-electron chi connectivity index (χ4n) is 2.81. The van der Waals surface area contributed by atoms with Gasteiger partial charge in [-0.25, -0.2) is 0 Å². The summed E-state index contributed by atoms with van der Waals surface area (Å²) in [4.78, 5) is 5.20. The lowest BCUT2D eigenvalue weighted by Crippen LogP contribution is -2.02. The first-order chi connectivity index (χ1) is 12.2. The summed E-state index contributed by atoms with van der Waals surface area (Å²) in [5.74, 6) is 0. The van der Waals surface area contributed by atoms with Crippen LogP contribution in [0.1, 0.15) is 17.2 Å². The molecule has 0 radical (unpaired) electrons. The Morgan fingerprint density at radius 3 is 2.52 bits per heavy atom. The molecular weight excluding hydrogens is 370 g/mol. The summed E-state index contributed by atoms with van der Waals surface area (Å²) in [7, 11) is 0. The zero-order valence-corrected chi connectivity index (χ0v) is 15.5. The molecule has 0 aliphatic heterocycles. The highest BCUT2D eigenvalue weighted by molar-refractivity contribution is 7.14. The SMILES string of the molecule is OC(c1cccnc1)c1c(-c2ccsc2)csc1-c1ccc(Cl)cc1. The predicted octanol–water partition coefficient (Wildman–Crippen LogP) is 6.27. The molecule has 1 N–H and O–H groups in total. The first-order valence-corrected chi connectivity index (χ1v) is 9.92. The maximum atomic E-state index is 11.1. The van der Waals surface area contributed by atoms with E-state index in [2.05, 4.69) is 27.2 Å². The quantitative estimate of drug-likeness (QED) is 0.450. The monoisotopic (exact) mass is 383 g/mol. The molecule has 0 saturated carbocycles. The molecule has 0 amide bonds. The third-order valence-corrected chi connectivity index (χ3v) is 6.02. The molecule has 0 aliphatic carbocycles. The van der Waals surface area contributed by atoms with Crippen LogP contribution in [0.4, 0.5) is 0 Å². The van der Waals surface area contributed by atoms with Gasteiger partial charge in [-0.1, -0.05) is 29.8 Å². The van der Waals surface area contributed by atoms with E-state index in [1.54, 1.807) is 35.1 Å². The van der Waals surface area contributed by atoms with E-state index in [4.69, 9.17) is 11.6 Å². The molecule has 0 fully saturated rings. The average Bonchev–Trinajstić information content (AvgIpc) is 3.32. The van der Waals surface area contributed by atoms with E-state index in [1.807, 2.05) is 36.4 Å². The van der Waals surface area contributed by atoms with Crippen molar-refractivity contribution in [2.24, 2.45) is 0 Å². The Morgan fingerprint density at radius 2 is 1.84 bits per heavy atom. The van der Waals surface area contributed by atoms with Crippen LogP contribution in [-0.4, -0.2) is 10.1 Å². The van der Waals surface area contributed by atoms with Crippen molar-refractivity contribution in [2.45, 2.75) is 6.10 Å². The Balaban J connectivity index is 1.89. The predicted molar refractivity (Wildman–Crippen MR) is 106 cm³/mol. The minimum atomic E-state index is -0.736. The zero-order valence-electron chi connectivity index (χ0n) is 13.1. The minimum absolute atomic E-state index is 0.702. The molecule has 0 bridgehead atoms. The van der Waals surface area contributed by atoms with Crippen molar-refractivity contribution in [3.05, 3.63) is 87.1 Å². The Labute approximate surface area is 159 Å². The molecule has 3 aromatic heterocycles. The molecule has 5 heteroatoms. The highest BCUT2D eigenvalue weighted by Gasteiger charge is 2.23. The van der Waals surface area contributed by atoms with E-state index in [0.29, 0.717) is 5.02 Å². The molecule has 124 valence electrons. The summed E-state index contributed by atoms with van der Waals surface area (Å²) in [5, 5.41) is 18.1. The molecule has 0 saturated heterocycles. The van der Waals surface area contributed by atoms with Gasteiger partial charge in [-0.15, -0.1) is 11.3 Å². The van der Waals surface area contributed by atoms with Gasteiger partial charge in [0.1, 0.15) is 6.10 Å². The number of rotatable bonds is 4. The van der Waals surface area contributed by atoms with Crippen molar-refractivity contribution in [1.82, 2.24) is 4.98 Å². The highest BCUT2D eigenvalue weighted by Crippen LogP contribution is 2.44. The smallest absolute Gasteiger partial charge is 0.108 e. The summed E-state index contributed by atoms with van der Waals surface area (Å²) >= 11 is 9.32. The van der Waals surface area contributed by atoms with E-state index in [1.165, 1.54) is 0 Å². The second-order valence-corrected chi connectivity index (χ2v) is 7.70. The van der Waals surface area contributed by atoms with E-state index >= 15 is 0 Å². The number of thiophene rings is 2. The molecular formula is C20H14ClNOS2. The molecule has 2 nitrogen and oxygen atoms in total. The molecule has 0 aliphatic rings. The summed E-state index contributed by atoms with van der Waals surface area (Å²) in [6.45, 7) is 0. The van der Waals surface area contributed by atoms with Crippen molar-refractivity contribution in [3.8, 4) is 21.6 Å². The molecule has 1 unspecified atom stereocenters. The van der Waals surface area contributed by atoms with Gasteiger partial charge in [-0.05, 0) is 57.1 Å². The molecule has 25 heavy (non-hydrogen) atoms. The van der Waals surface area contributed by atoms with Crippen molar-refractivity contribution in [2.75, 3.05) is 0 Å². The maximum Gasteiger partial charge on any atom is 0.108 e. The third kappa shape index (κ3) is 3.26. The second kappa shape index (κ2) is 7.10. The lowest BCUT2D eigenvalue weighted by atomic mass is 9.94. The van der Waals surface area contributed by atoms with Crippen molar-refractivity contribution >= 4 is 34.3 Å². The summed E-state index contributed by atoms with van der Waals surface area (Å²) in [5.41, 5.74) is 4.94. The van der Waals surface area contributed by atoms with E-state index < -0.39 is 6.10 Å². The van der Waals surface area contributed by atoms with Gasteiger partial charge in [0.25, 0.3) is 0 Å². The molecule has 0 spiro atoms. The largest absolute Gasteiger partial charge is 0.384 e. The number of pyridine rings is 1. The Kier molecular flexibility index (Phi) is 4.68. The first-order valence-electron chi connectivity index (χ1n) is 7.72. The number of aromatic nitrogens is 1. The van der Waals surface area contributed by atoms with Crippen LogP contribution in [0.2, 0.25) is 5.02 Å². The van der Waals surface area contributed by atoms with Gasteiger partial charge in [0, 0.05) is 33.4 Å². The van der Waals surface area contributed by atoms with Crippen LogP contribution >= 0.6 is 34.3 Å². The van der Waals surface area contributed by atoms with Crippen LogP contribution < -0.4 is 0 Å². The summed E-state index contributed by atoms with van der Waals surface area (Å²) < 4.78 is 0. The van der Waals surface area contributed by atoms with Crippen LogP contribution in [0.5, 0.6) is 0 Å². The lowest BCUT2D eigenvalue weighted by molar-refractivity contribution is 0.221. The molecule has 4 rings (SSSR count). The maximum absolute atomic E-state index is 11.1.